The number of aromatic nitrogens is 2. The molecule has 0 aliphatic carbocycles. The summed E-state index contributed by atoms with van der Waals surface area (Å²) in [6.45, 7) is 7.51. The number of rotatable bonds is 7. The van der Waals surface area contributed by atoms with E-state index in [4.69, 9.17) is 5.73 Å². The highest BCUT2D eigenvalue weighted by atomic mass is 16.6. The molecule has 0 bridgehead atoms. The molecule has 0 aliphatic rings. The van der Waals surface area contributed by atoms with Gasteiger partial charge in [-0.1, -0.05) is 13.8 Å². The molecule has 9 heteroatoms. The molecule has 4 N–H and O–H groups in total. The Labute approximate surface area is 122 Å². The second-order valence-electron chi connectivity index (χ2n) is 4.89. The van der Waals surface area contributed by atoms with Gasteiger partial charge in [0.2, 0.25) is 17.7 Å². The van der Waals surface area contributed by atoms with Crippen molar-refractivity contribution in [2.45, 2.75) is 33.7 Å². The van der Waals surface area contributed by atoms with Crippen LogP contribution >= 0.6 is 0 Å². The van der Waals surface area contributed by atoms with Gasteiger partial charge in [0.15, 0.2) is 0 Å². The van der Waals surface area contributed by atoms with Gasteiger partial charge in [-0.3, -0.25) is 14.9 Å². The van der Waals surface area contributed by atoms with E-state index in [0.717, 1.165) is 0 Å². The number of nitrogens with one attached hydrogen (secondary N) is 2. The zero-order chi connectivity index (χ0) is 16.2. The van der Waals surface area contributed by atoms with Gasteiger partial charge in [0.25, 0.3) is 0 Å². The molecule has 21 heavy (non-hydrogen) atoms. The number of hydrogen-bond donors (Lipinski definition) is 3. The van der Waals surface area contributed by atoms with Gasteiger partial charge in [-0.25, -0.2) is 4.98 Å². The molecule has 0 saturated heterocycles. The number of nitrogens with zero attached hydrogens (tertiary/aromatic N) is 3. The molecule has 116 valence electrons. The lowest BCUT2D eigenvalue weighted by molar-refractivity contribution is -0.385. The molecule has 1 aromatic heterocycles. The molecule has 9 nitrogen and oxygen atoms in total. The third-order valence-corrected chi connectivity index (χ3v) is 2.84. The maximum Gasteiger partial charge on any atom is 0.332 e. The summed E-state index contributed by atoms with van der Waals surface area (Å²) in [7, 11) is 0. The van der Waals surface area contributed by atoms with Crippen molar-refractivity contribution in [1.29, 1.82) is 0 Å². The molecule has 1 heterocycles. The standard InChI is InChI=1S/C12H20N6O3/c1-5-14-12-15-7(4)9(18(20)21)11(17-12)16-8(6(2)3)10(13)19/h6,8H,5H2,1-4H3,(H2,13,19)(H2,14,15,16,17). The molecule has 1 unspecified atom stereocenters. The third-order valence-electron chi connectivity index (χ3n) is 2.84. The Bertz CT molecular complexity index is 546. The summed E-state index contributed by atoms with van der Waals surface area (Å²) in [4.78, 5) is 30.1. The topological polar surface area (TPSA) is 136 Å². The number of carbonyl (C=O) groups is 1. The van der Waals surface area contributed by atoms with Gasteiger partial charge in [-0.2, -0.15) is 4.98 Å². The van der Waals surface area contributed by atoms with Crippen LogP contribution in [0.25, 0.3) is 0 Å². The van der Waals surface area contributed by atoms with E-state index in [9.17, 15) is 14.9 Å². The van der Waals surface area contributed by atoms with Gasteiger partial charge in [0.1, 0.15) is 11.7 Å². The zero-order valence-electron chi connectivity index (χ0n) is 12.5. The summed E-state index contributed by atoms with van der Waals surface area (Å²) in [5, 5.41) is 16.8. The zero-order valence-corrected chi connectivity index (χ0v) is 12.5. The van der Waals surface area contributed by atoms with E-state index in [1.807, 2.05) is 6.92 Å². The van der Waals surface area contributed by atoms with Crippen molar-refractivity contribution < 1.29 is 9.72 Å². The van der Waals surface area contributed by atoms with Crippen LogP contribution in [-0.4, -0.2) is 33.4 Å². The number of primary amides is 1. The summed E-state index contributed by atoms with van der Waals surface area (Å²) >= 11 is 0. The maximum atomic E-state index is 11.5. The Balaban J connectivity index is 3.29. The molecule has 1 aromatic rings. The molecule has 1 atom stereocenters. The molecule has 1 amide bonds. The Hall–Kier alpha value is -2.45. The second kappa shape index (κ2) is 6.82. The number of nitro groups is 1. The van der Waals surface area contributed by atoms with Crippen LogP contribution in [0.5, 0.6) is 0 Å². The average Bonchev–Trinajstić information content (AvgIpc) is 2.34. The minimum Gasteiger partial charge on any atom is -0.368 e. The predicted molar refractivity (Wildman–Crippen MR) is 79.0 cm³/mol. The number of aryl methyl sites for hydroxylation is 1. The largest absolute Gasteiger partial charge is 0.368 e. The van der Waals surface area contributed by atoms with Crippen molar-refractivity contribution in [3.8, 4) is 0 Å². The second-order valence-corrected chi connectivity index (χ2v) is 4.89. The van der Waals surface area contributed by atoms with E-state index < -0.39 is 16.9 Å². The summed E-state index contributed by atoms with van der Waals surface area (Å²) in [5.74, 6) is -0.489. The van der Waals surface area contributed by atoms with Crippen LogP contribution in [0, 0.1) is 23.0 Å². The number of amides is 1. The lowest BCUT2D eigenvalue weighted by Gasteiger charge is -2.20. The van der Waals surface area contributed by atoms with Crippen LogP contribution < -0.4 is 16.4 Å². The highest BCUT2D eigenvalue weighted by molar-refractivity contribution is 5.83. The first-order chi connectivity index (χ1) is 9.77. The first kappa shape index (κ1) is 16.6. The normalized spacial score (nSPS) is 12.0. The van der Waals surface area contributed by atoms with Crippen molar-refractivity contribution in [3.05, 3.63) is 15.8 Å². The Kier molecular flexibility index (Phi) is 5.39. The van der Waals surface area contributed by atoms with E-state index in [-0.39, 0.29) is 29.1 Å². The molecule has 0 saturated carbocycles. The molecular formula is C12H20N6O3. The Morgan fingerprint density at radius 1 is 1.43 bits per heavy atom. The Morgan fingerprint density at radius 3 is 2.48 bits per heavy atom. The number of carbonyl (C=O) groups excluding carboxylic acids is 1. The van der Waals surface area contributed by atoms with Crippen LogP contribution in [0.2, 0.25) is 0 Å². The van der Waals surface area contributed by atoms with E-state index >= 15 is 0 Å². The highest BCUT2D eigenvalue weighted by Crippen LogP contribution is 2.27. The van der Waals surface area contributed by atoms with E-state index in [1.165, 1.54) is 6.92 Å². The van der Waals surface area contributed by atoms with Gasteiger partial charge in [0.05, 0.1) is 4.92 Å². The predicted octanol–water partition coefficient (Wildman–Crippen LogP) is 1.05. The average molecular weight is 296 g/mol. The number of hydrogen-bond acceptors (Lipinski definition) is 7. The first-order valence-electron chi connectivity index (χ1n) is 6.60. The van der Waals surface area contributed by atoms with E-state index in [0.29, 0.717) is 6.54 Å². The van der Waals surface area contributed by atoms with Crippen LogP contribution in [0.15, 0.2) is 0 Å². The van der Waals surface area contributed by atoms with Crippen molar-refractivity contribution in [2.24, 2.45) is 11.7 Å². The van der Waals surface area contributed by atoms with Crippen molar-refractivity contribution in [2.75, 3.05) is 17.2 Å². The lowest BCUT2D eigenvalue weighted by Crippen LogP contribution is -2.40. The van der Waals surface area contributed by atoms with Crippen molar-refractivity contribution in [3.63, 3.8) is 0 Å². The van der Waals surface area contributed by atoms with E-state index in [1.54, 1.807) is 13.8 Å². The third kappa shape index (κ3) is 4.01. The van der Waals surface area contributed by atoms with Gasteiger partial charge < -0.3 is 16.4 Å². The van der Waals surface area contributed by atoms with Gasteiger partial charge in [0, 0.05) is 6.54 Å². The summed E-state index contributed by atoms with van der Waals surface area (Å²) < 4.78 is 0. The molecule has 0 aliphatic heterocycles. The highest BCUT2D eigenvalue weighted by Gasteiger charge is 2.27. The monoisotopic (exact) mass is 296 g/mol. The van der Waals surface area contributed by atoms with Gasteiger partial charge >= 0.3 is 5.69 Å². The molecular weight excluding hydrogens is 276 g/mol. The SMILES string of the molecule is CCNc1nc(C)c([N+](=O)[O-])c(NC(C(N)=O)C(C)C)n1. The van der Waals surface area contributed by atoms with Crippen LogP contribution in [0.4, 0.5) is 17.5 Å². The van der Waals surface area contributed by atoms with Gasteiger partial charge in [-0.05, 0) is 19.8 Å². The molecule has 1 rings (SSSR count). The summed E-state index contributed by atoms with van der Waals surface area (Å²) in [5.41, 5.74) is 5.26. The summed E-state index contributed by atoms with van der Waals surface area (Å²) in [6.07, 6.45) is 0. The maximum absolute atomic E-state index is 11.5. The van der Waals surface area contributed by atoms with Gasteiger partial charge in [-0.15, -0.1) is 0 Å². The van der Waals surface area contributed by atoms with Crippen molar-refractivity contribution in [1.82, 2.24) is 9.97 Å². The molecule has 0 radical (unpaired) electrons. The van der Waals surface area contributed by atoms with Crippen LogP contribution in [0.1, 0.15) is 26.5 Å². The van der Waals surface area contributed by atoms with Crippen molar-refractivity contribution >= 4 is 23.4 Å². The fraction of sp³-hybridized carbons (Fsp3) is 0.583. The van der Waals surface area contributed by atoms with Crippen LogP contribution in [-0.2, 0) is 4.79 Å². The smallest absolute Gasteiger partial charge is 0.332 e. The van der Waals surface area contributed by atoms with Crippen LogP contribution in [0.3, 0.4) is 0 Å². The fourth-order valence-electron chi connectivity index (χ4n) is 1.84. The molecule has 0 spiro atoms. The quantitative estimate of drug-likeness (QED) is 0.505. The Morgan fingerprint density at radius 2 is 2.05 bits per heavy atom. The number of anilines is 2. The minimum atomic E-state index is -0.757. The number of nitrogens with two attached hydrogens (primary N) is 1. The lowest BCUT2D eigenvalue weighted by atomic mass is 10.0. The molecule has 0 fully saturated rings. The fourth-order valence-corrected chi connectivity index (χ4v) is 1.84. The minimum absolute atomic E-state index is 0.0130. The summed E-state index contributed by atoms with van der Waals surface area (Å²) in [6, 6.07) is -0.757. The molecule has 0 aromatic carbocycles. The van der Waals surface area contributed by atoms with E-state index in [2.05, 4.69) is 20.6 Å². The first-order valence-corrected chi connectivity index (χ1v) is 6.60.